The van der Waals surface area contributed by atoms with E-state index in [2.05, 4.69) is 64.2 Å². The van der Waals surface area contributed by atoms with Gasteiger partial charge in [0.05, 0.1) is 16.8 Å². The molecule has 1 heterocycles. The fourth-order valence-electron chi connectivity index (χ4n) is 2.60. The third-order valence-electron chi connectivity index (χ3n) is 4.12. The average molecular weight is 416 g/mol. The lowest BCUT2D eigenvalue weighted by atomic mass is 10.1. The highest BCUT2D eigenvalue weighted by atomic mass is 127. The summed E-state index contributed by atoms with van der Waals surface area (Å²) in [5, 5.41) is 9.72. The van der Waals surface area contributed by atoms with Crippen molar-refractivity contribution in [2.24, 2.45) is 11.3 Å². The van der Waals surface area contributed by atoms with Gasteiger partial charge in [-0.1, -0.05) is 25.6 Å². The van der Waals surface area contributed by atoms with Gasteiger partial charge < -0.3 is 9.67 Å². The van der Waals surface area contributed by atoms with Crippen molar-refractivity contribution in [2.75, 3.05) is 5.75 Å². The van der Waals surface area contributed by atoms with E-state index in [9.17, 15) is 4.79 Å². The van der Waals surface area contributed by atoms with Crippen molar-refractivity contribution in [1.29, 1.82) is 0 Å². The van der Waals surface area contributed by atoms with Crippen LogP contribution < -0.4 is 0 Å². The predicted octanol–water partition coefficient (Wildman–Crippen LogP) is 3.86. The minimum Gasteiger partial charge on any atom is -0.481 e. The summed E-state index contributed by atoms with van der Waals surface area (Å²) in [6.07, 6.45) is 1.22. The van der Waals surface area contributed by atoms with Gasteiger partial charge in [-0.25, -0.2) is 4.98 Å². The van der Waals surface area contributed by atoms with E-state index in [0.717, 1.165) is 26.3 Å². The molecule has 1 aromatic carbocycles. The number of thioether (sulfide) groups is 1. The van der Waals surface area contributed by atoms with E-state index in [-0.39, 0.29) is 5.75 Å². The number of carboxylic acids is 1. The molecule has 1 unspecified atom stereocenters. The molecule has 1 fully saturated rings. The van der Waals surface area contributed by atoms with E-state index in [1.165, 1.54) is 18.2 Å². The fraction of sp³-hybridized carbons (Fsp3) is 0.467. The molecule has 1 aromatic heterocycles. The second-order valence-corrected chi connectivity index (χ2v) is 8.40. The SMILES string of the molecule is CC1(C)CC1Cn1c(SCC(=O)O)nc2cc(I)ccc21. The Hall–Kier alpha value is -0.760. The number of hydrogen-bond acceptors (Lipinski definition) is 3. The first-order valence-electron chi connectivity index (χ1n) is 6.87. The summed E-state index contributed by atoms with van der Waals surface area (Å²) < 4.78 is 3.34. The van der Waals surface area contributed by atoms with Gasteiger partial charge in [0.1, 0.15) is 0 Å². The summed E-state index contributed by atoms with van der Waals surface area (Å²) in [6, 6.07) is 6.21. The van der Waals surface area contributed by atoms with Crippen LogP contribution in [0.15, 0.2) is 23.4 Å². The topological polar surface area (TPSA) is 55.1 Å². The number of aliphatic carboxylic acids is 1. The minimum absolute atomic E-state index is 0.0501. The average Bonchev–Trinajstić information content (AvgIpc) is 2.85. The number of benzene rings is 1. The third kappa shape index (κ3) is 3.21. The highest BCUT2D eigenvalue weighted by Gasteiger charge is 2.45. The van der Waals surface area contributed by atoms with Gasteiger partial charge in [0.2, 0.25) is 0 Å². The number of nitrogens with zero attached hydrogens (tertiary/aromatic N) is 2. The molecule has 4 nitrogen and oxygen atoms in total. The molecule has 0 amide bonds. The largest absolute Gasteiger partial charge is 0.481 e. The Balaban J connectivity index is 1.96. The van der Waals surface area contributed by atoms with Crippen LogP contribution in [-0.2, 0) is 11.3 Å². The van der Waals surface area contributed by atoms with E-state index in [1.54, 1.807) is 0 Å². The summed E-state index contributed by atoms with van der Waals surface area (Å²) in [4.78, 5) is 15.5. The Labute approximate surface area is 141 Å². The first-order valence-corrected chi connectivity index (χ1v) is 8.93. The first kappa shape index (κ1) is 15.1. The number of carboxylic acid groups (broad SMARTS) is 1. The number of hydrogen-bond donors (Lipinski definition) is 1. The highest BCUT2D eigenvalue weighted by Crippen LogP contribution is 2.53. The van der Waals surface area contributed by atoms with Crippen LogP contribution >= 0.6 is 34.4 Å². The second-order valence-electron chi connectivity index (χ2n) is 6.21. The van der Waals surface area contributed by atoms with Crippen molar-refractivity contribution in [3.05, 3.63) is 21.8 Å². The maximum Gasteiger partial charge on any atom is 0.313 e. The minimum atomic E-state index is -0.806. The van der Waals surface area contributed by atoms with Gasteiger partial charge in [-0.3, -0.25) is 4.79 Å². The van der Waals surface area contributed by atoms with Crippen LogP contribution in [-0.4, -0.2) is 26.4 Å². The van der Waals surface area contributed by atoms with Crippen LogP contribution in [0.1, 0.15) is 20.3 Å². The summed E-state index contributed by atoms with van der Waals surface area (Å²) in [5.41, 5.74) is 2.45. The molecule has 0 saturated heterocycles. The van der Waals surface area contributed by atoms with Crippen molar-refractivity contribution in [3.8, 4) is 0 Å². The summed E-state index contributed by atoms with van der Waals surface area (Å²) in [6.45, 7) is 5.49. The lowest BCUT2D eigenvalue weighted by Gasteiger charge is -2.09. The standard InChI is InChI=1S/C15H17IN2O2S/c1-15(2)6-9(15)7-18-12-4-3-10(16)5-11(12)17-14(18)21-8-13(19)20/h3-5,9H,6-8H2,1-2H3,(H,19,20). The zero-order valence-electron chi connectivity index (χ0n) is 12.0. The van der Waals surface area contributed by atoms with Gasteiger partial charge in [-0.15, -0.1) is 0 Å². The molecule has 1 atom stereocenters. The molecule has 0 radical (unpaired) electrons. The molecular weight excluding hydrogens is 399 g/mol. The number of imidazole rings is 1. The maximum absolute atomic E-state index is 10.8. The molecular formula is C15H17IN2O2S. The van der Waals surface area contributed by atoms with Gasteiger partial charge in [0.15, 0.2) is 5.16 Å². The second kappa shape index (κ2) is 5.46. The van der Waals surface area contributed by atoms with Crippen molar-refractivity contribution in [3.63, 3.8) is 0 Å². The number of aromatic nitrogens is 2. The number of fused-ring (bicyclic) bond motifs is 1. The Kier molecular flexibility index (Phi) is 3.94. The lowest BCUT2D eigenvalue weighted by molar-refractivity contribution is -0.133. The highest BCUT2D eigenvalue weighted by molar-refractivity contribution is 14.1. The summed E-state index contributed by atoms with van der Waals surface area (Å²) >= 11 is 3.58. The smallest absolute Gasteiger partial charge is 0.313 e. The van der Waals surface area contributed by atoms with E-state index in [1.807, 2.05) is 0 Å². The Morgan fingerprint density at radius 3 is 2.90 bits per heavy atom. The van der Waals surface area contributed by atoms with E-state index < -0.39 is 5.97 Å². The van der Waals surface area contributed by atoms with Gasteiger partial charge in [0, 0.05) is 10.1 Å². The van der Waals surface area contributed by atoms with E-state index >= 15 is 0 Å². The van der Waals surface area contributed by atoms with Crippen LogP contribution in [0, 0.1) is 14.9 Å². The predicted molar refractivity (Wildman–Crippen MR) is 92.7 cm³/mol. The van der Waals surface area contributed by atoms with E-state index in [0.29, 0.717) is 11.3 Å². The van der Waals surface area contributed by atoms with Gasteiger partial charge in [-0.05, 0) is 58.5 Å². The summed E-state index contributed by atoms with van der Waals surface area (Å²) in [7, 11) is 0. The Morgan fingerprint density at radius 2 is 2.29 bits per heavy atom. The van der Waals surface area contributed by atoms with Crippen molar-refractivity contribution >= 4 is 51.4 Å². The molecule has 1 saturated carbocycles. The Morgan fingerprint density at radius 1 is 1.57 bits per heavy atom. The monoisotopic (exact) mass is 416 g/mol. The molecule has 6 heteroatoms. The van der Waals surface area contributed by atoms with Gasteiger partial charge in [-0.2, -0.15) is 0 Å². The number of halogens is 1. The van der Waals surface area contributed by atoms with Crippen molar-refractivity contribution in [1.82, 2.24) is 9.55 Å². The fourth-order valence-corrected chi connectivity index (χ4v) is 3.82. The quantitative estimate of drug-likeness (QED) is 0.594. The van der Waals surface area contributed by atoms with Crippen molar-refractivity contribution in [2.45, 2.75) is 32.0 Å². The normalized spacial score (nSPS) is 19.9. The molecule has 2 aromatic rings. The molecule has 0 aliphatic heterocycles. The molecule has 0 bridgehead atoms. The Bertz CT molecular complexity index is 711. The molecule has 3 rings (SSSR count). The lowest BCUT2D eigenvalue weighted by Crippen LogP contribution is -2.07. The third-order valence-corrected chi connectivity index (χ3v) is 5.75. The molecule has 1 N–H and O–H groups in total. The van der Waals surface area contributed by atoms with Crippen LogP contribution in [0.2, 0.25) is 0 Å². The van der Waals surface area contributed by atoms with Crippen LogP contribution in [0.3, 0.4) is 0 Å². The zero-order chi connectivity index (χ0) is 15.2. The molecule has 112 valence electrons. The number of carbonyl (C=O) groups is 1. The maximum atomic E-state index is 10.8. The van der Waals surface area contributed by atoms with Crippen LogP contribution in [0.5, 0.6) is 0 Å². The number of rotatable bonds is 5. The first-order chi connectivity index (χ1) is 9.87. The molecule has 1 aliphatic rings. The van der Waals surface area contributed by atoms with Gasteiger partial charge in [0.25, 0.3) is 0 Å². The van der Waals surface area contributed by atoms with Gasteiger partial charge >= 0.3 is 5.97 Å². The van der Waals surface area contributed by atoms with Crippen molar-refractivity contribution < 1.29 is 9.90 Å². The molecule has 1 aliphatic carbocycles. The van der Waals surface area contributed by atoms with E-state index in [4.69, 9.17) is 5.11 Å². The van der Waals surface area contributed by atoms with Crippen LogP contribution in [0.4, 0.5) is 0 Å². The molecule has 0 spiro atoms. The zero-order valence-corrected chi connectivity index (χ0v) is 14.9. The summed E-state index contributed by atoms with van der Waals surface area (Å²) in [5.74, 6) is -0.104. The van der Waals surface area contributed by atoms with Crippen LogP contribution in [0.25, 0.3) is 11.0 Å². The molecule has 21 heavy (non-hydrogen) atoms.